The second-order valence-corrected chi connectivity index (χ2v) is 8.52. The van der Waals surface area contributed by atoms with E-state index in [1.165, 1.54) is 31.3 Å². The van der Waals surface area contributed by atoms with Crippen LogP contribution in [0.5, 0.6) is 11.5 Å². The lowest BCUT2D eigenvalue weighted by molar-refractivity contribution is -0.136. The first kappa shape index (κ1) is 23.1. The van der Waals surface area contributed by atoms with Crippen molar-refractivity contribution in [3.63, 3.8) is 0 Å². The number of carbonyl (C=O) groups excluding carboxylic acids is 2. The number of anilines is 1. The summed E-state index contributed by atoms with van der Waals surface area (Å²) in [7, 11) is 2.96. The number of hydrogen-bond donors (Lipinski definition) is 1. The minimum atomic E-state index is -2.08. The van der Waals surface area contributed by atoms with Gasteiger partial charge in [0.05, 0.1) is 32.9 Å². The molecular formula is C25H21Cl2NO5. The van der Waals surface area contributed by atoms with Gasteiger partial charge in [0.1, 0.15) is 0 Å². The van der Waals surface area contributed by atoms with Crippen LogP contribution in [-0.2, 0) is 16.9 Å². The summed E-state index contributed by atoms with van der Waals surface area (Å²) in [6.07, 6.45) is -0.465. The molecule has 6 nitrogen and oxygen atoms in total. The molecule has 4 rings (SSSR count). The summed E-state index contributed by atoms with van der Waals surface area (Å²) in [5, 5.41) is 12.4. The Labute approximate surface area is 201 Å². The van der Waals surface area contributed by atoms with Gasteiger partial charge in [-0.25, -0.2) is 0 Å². The van der Waals surface area contributed by atoms with E-state index in [2.05, 4.69) is 0 Å². The molecule has 0 bridgehead atoms. The van der Waals surface area contributed by atoms with Crippen LogP contribution in [0.25, 0.3) is 0 Å². The highest BCUT2D eigenvalue weighted by molar-refractivity contribution is 6.31. The molecule has 0 saturated heterocycles. The number of ketones is 1. The van der Waals surface area contributed by atoms with Gasteiger partial charge in [0.15, 0.2) is 22.9 Å². The molecule has 0 radical (unpaired) electrons. The molecule has 0 saturated carbocycles. The van der Waals surface area contributed by atoms with Crippen molar-refractivity contribution in [3.8, 4) is 11.5 Å². The van der Waals surface area contributed by atoms with Crippen LogP contribution >= 0.6 is 23.2 Å². The molecule has 1 amide bonds. The molecule has 170 valence electrons. The van der Waals surface area contributed by atoms with Gasteiger partial charge in [-0.1, -0.05) is 41.4 Å². The first-order valence-electron chi connectivity index (χ1n) is 10.1. The molecule has 0 fully saturated rings. The maximum absolute atomic E-state index is 13.5. The van der Waals surface area contributed by atoms with Gasteiger partial charge in [-0.15, -0.1) is 0 Å². The Morgan fingerprint density at radius 2 is 1.73 bits per heavy atom. The monoisotopic (exact) mass is 485 g/mol. The van der Waals surface area contributed by atoms with Crippen molar-refractivity contribution in [2.45, 2.75) is 18.6 Å². The smallest absolute Gasteiger partial charge is 0.264 e. The zero-order chi connectivity index (χ0) is 23.8. The maximum atomic E-state index is 13.5. The number of fused-ring (bicyclic) bond motifs is 1. The van der Waals surface area contributed by atoms with E-state index in [-0.39, 0.29) is 17.7 Å². The zero-order valence-corrected chi connectivity index (χ0v) is 19.5. The Bertz CT molecular complexity index is 1250. The summed E-state index contributed by atoms with van der Waals surface area (Å²) < 4.78 is 10.5. The van der Waals surface area contributed by atoms with Gasteiger partial charge in [0.2, 0.25) is 0 Å². The summed E-state index contributed by atoms with van der Waals surface area (Å²) >= 11 is 12.5. The second-order valence-electron chi connectivity index (χ2n) is 7.67. The number of nitrogens with zero attached hydrogens (tertiary/aromatic N) is 1. The number of ether oxygens (including phenoxy) is 2. The van der Waals surface area contributed by atoms with E-state index < -0.39 is 23.7 Å². The lowest BCUT2D eigenvalue weighted by Gasteiger charge is -2.23. The van der Waals surface area contributed by atoms with Crippen LogP contribution in [0.15, 0.2) is 60.7 Å². The van der Waals surface area contributed by atoms with Gasteiger partial charge in [-0.3, -0.25) is 9.59 Å². The third kappa shape index (κ3) is 4.17. The lowest BCUT2D eigenvalue weighted by Crippen LogP contribution is -2.41. The van der Waals surface area contributed by atoms with Crippen molar-refractivity contribution in [1.82, 2.24) is 0 Å². The van der Waals surface area contributed by atoms with E-state index in [0.717, 1.165) is 0 Å². The summed E-state index contributed by atoms with van der Waals surface area (Å²) in [5.74, 6) is -0.213. The van der Waals surface area contributed by atoms with Crippen molar-refractivity contribution in [2.75, 3.05) is 19.1 Å². The molecule has 0 aromatic heterocycles. The average molecular weight is 486 g/mol. The fourth-order valence-electron chi connectivity index (χ4n) is 3.99. The maximum Gasteiger partial charge on any atom is 0.264 e. The Kier molecular flexibility index (Phi) is 6.34. The van der Waals surface area contributed by atoms with E-state index in [4.69, 9.17) is 32.7 Å². The number of aliphatic hydroxyl groups is 1. The molecule has 8 heteroatoms. The molecule has 0 spiro atoms. The average Bonchev–Trinajstić information content (AvgIpc) is 3.01. The van der Waals surface area contributed by atoms with Crippen LogP contribution in [-0.4, -0.2) is 31.0 Å². The largest absolute Gasteiger partial charge is 0.493 e. The fraction of sp³-hybridized carbons (Fsp3) is 0.200. The van der Waals surface area contributed by atoms with Gasteiger partial charge in [-0.2, -0.15) is 0 Å². The summed E-state index contributed by atoms with van der Waals surface area (Å²) in [5.41, 5.74) is -0.329. The third-order valence-electron chi connectivity index (χ3n) is 5.70. The van der Waals surface area contributed by atoms with Crippen LogP contribution in [0.3, 0.4) is 0 Å². The first-order chi connectivity index (χ1) is 15.8. The molecule has 1 atom stereocenters. The molecular weight excluding hydrogens is 465 g/mol. The zero-order valence-electron chi connectivity index (χ0n) is 18.0. The standard InChI is InChI=1S/C25H21Cl2NO5/c1-32-22-10-7-15(11-23(22)33-2)21(29)13-25(31)18-12-17(26)8-9-20(18)28(24(25)30)14-16-5-3-4-6-19(16)27/h3-12,31H,13-14H2,1-2H3/t25-/m0/s1. The van der Waals surface area contributed by atoms with Gasteiger partial charge < -0.3 is 19.5 Å². The molecule has 1 aliphatic heterocycles. The van der Waals surface area contributed by atoms with Gasteiger partial charge in [0.25, 0.3) is 5.91 Å². The molecule has 3 aromatic rings. The number of amides is 1. The summed E-state index contributed by atoms with van der Waals surface area (Å²) in [4.78, 5) is 28.1. The molecule has 33 heavy (non-hydrogen) atoms. The van der Waals surface area contributed by atoms with Crippen LogP contribution in [0.2, 0.25) is 10.0 Å². The Morgan fingerprint density at radius 1 is 1.00 bits per heavy atom. The van der Waals surface area contributed by atoms with Crippen LogP contribution < -0.4 is 14.4 Å². The highest BCUT2D eigenvalue weighted by Gasteiger charge is 2.51. The lowest BCUT2D eigenvalue weighted by atomic mass is 9.88. The number of Topliss-reactive ketones (excluding diaryl/α,β-unsaturated/α-hetero) is 1. The molecule has 0 unspecified atom stereocenters. The van der Waals surface area contributed by atoms with Crippen molar-refractivity contribution < 1.29 is 24.2 Å². The van der Waals surface area contributed by atoms with E-state index in [9.17, 15) is 14.7 Å². The minimum Gasteiger partial charge on any atom is -0.493 e. The molecule has 1 aliphatic rings. The molecule has 0 aliphatic carbocycles. The number of halogens is 2. The normalized spacial score (nSPS) is 17.1. The number of rotatable bonds is 7. The predicted octanol–water partition coefficient (Wildman–Crippen LogP) is 5.02. The van der Waals surface area contributed by atoms with Crippen molar-refractivity contribution in [3.05, 3.63) is 87.4 Å². The SMILES string of the molecule is COc1ccc(C(=O)C[C@@]2(O)C(=O)N(Cc3ccccc3Cl)c3ccc(Cl)cc32)cc1OC. The quantitative estimate of drug-likeness (QED) is 0.475. The molecule has 1 N–H and O–H groups in total. The Morgan fingerprint density at radius 3 is 2.42 bits per heavy atom. The van der Waals surface area contributed by atoms with Gasteiger partial charge in [0, 0.05) is 21.2 Å². The highest BCUT2D eigenvalue weighted by Crippen LogP contribution is 2.45. The van der Waals surface area contributed by atoms with Gasteiger partial charge in [-0.05, 0) is 48.0 Å². The molecule has 1 heterocycles. The van der Waals surface area contributed by atoms with Gasteiger partial charge >= 0.3 is 0 Å². The molecule has 3 aromatic carbocycles. The Hall–Kier alpha value is -3.06. The van der Waals surface area contributed by atoms with Crippen LogP contribution in [0.1, 0.15) is 27.9 Å². The topological polar surface area (TPSA) is 76.1 Å². The first-order valence-corrected chi connectivity index (χ1v) is 10.9. The van der Waals surface area contributed by atoms with E-state index in [1.807, 2.05) is 6.07 Å². The minimum absolute atomic E-state index is 0.139. The predicted molar refractivity (Wildman–Crippen MR) is 126 cm³/mol. The van der Waals surface area contributed by atoms with Crippen LogP contribution in [0, 0.1) is 0 Å². The van der Waals surface area contributed by atoms with E-state index >= 15 is 0 Å². The second kappa shape index (κ2) is 9.06. The number of methoxy groups -OCH3 is 2. The Balaban J connectivity index is 1.70. The summed E-state index contributed by atoms with van der Waals surface area (Å²) in [6, 6.07) is 16.6. The number of carbonyl (C=O) groups is 2. The van der Waals surface area contributed by atoms with E-state index in [1.54, 1.807) is 42.5 Å². The van der Waals surface area contributed by atoms with Crippen LogP contribution in [0.4, 0.5) is 5.69 Å². The number of hydrogen-bond acceptors (Lipinski definition) is 5. The fourth-order valence-corrected chi connectivity index (χ4v) is 4.36. The highest BCUT2D eigenvalue weighted by atomic mass is 35.5. The van der Waals surface area contributed by atoms with Crippen molar-refractivity contribution >= 4 is 40.6 Å². The van der Waals surface area contributed by atoms with Crippen molar-refractivity contribution in [1.29, 1.82) is 0 Å². The number of benzene rings is 3. The van der Waals surface area contributed by atoms with Crippen molar-refractivity contribution in [2.24, 2.45) is 0 Å². The van der Waals surface area contributed by atoms with E-state index in [0.29, 0.717) is 32.8 Å². The third-order valence-corrected chi connectivity index (χ3v) is 6.31. The summed E-state index contributed by atoms with van der Waals surface area (Å²) in [6.45, 7) is 0.139.